The second-order valence-corrected chi connectivity index (χ2v) is 3.68. The molecule has 0 saturated carbocycles. The van der Waals surface area contributed by atoms with E-state index in [1.54, 1.807) is 0 Å². The molecule has 2 nitrogen and oxygen atoms in total. The van der Waals surface area contributed by atoms with Gasteiger partial charge in [-0.2, -0.15) is 0 Å². The lowest BCUT2D eigenvalue weighted by Crippen LogP contribution is -3.00. The number of carbonyl (C=O) groups excluding carboxylic acids is 1. The highest BCUT2D eigenvalue weighted by molar-refractivity contribution is 9.09. The molecule has 0 aromatic rings. The van der Waals surface area contributed by atoms with Crippen molar-refractivity contribution in [3.05, 3.63) is 0 Å². The van der Waals surface area contributed by atoms with Gasteiger partial charge in [-0.05, 0) is 0 Å². The van der Waals surface area contributed by atoms with Crippen LogP contribution in [0.1, 0.15) is 0 Å². The van der Waals surface area contributed by atoms with Crippen molar-refractivity contribution in [3.8, 4) is 0 Å². The number of nitrogens with zero attached hydrogens (tertiary/aromatic N) is 1. The molecule has 0 radical (unpaired) electrons. The Morgan fingerprint density at radius 1 is 1.40 bits per heavy atom. The summed E-state index contributed by atoms with van der Waals surface area (Å²) in [6.07, 6.45) is 0. The zero-order chi connectivity index (χ0) is 7.49. The summed E-state index contributed by atoms with van der Waals surface area (Å²) < 4.78 is 0.713. The molecule has 0 amide bonds. The van der Waals surface area contributed by atoms with Crippen LogP contribution in [0.25, 0.3) is 0 Å². The van der Waals surface area contributed by atoms with Gasteiger partial charge in [0, 0.05) is 0 Å². The van der Waals surface area contributed by atoms with E-state index in [1.807, 2.05) is 21.1 Å². The summed E-state index contributed by atoms with van der Waals surface area (Å²) in [6, 6.07) is 0. The molecule has 0 fully saturated rings. The van der Waals surface area contributed by atoms with Crippen molar-refractivity contribution >= 4 is 21.7 Å². The smallest absolute Gasteiger partial charge is 0.197 e. The molecule has 0 heterocycles. The predicted octanol–water partition coefficient (Wildman–Crippen LogP) is -2.34. The van der Waals surface area contributed by atoms with Crippen molar-refractivity contribution in [1.29, 1.82) is 0 Å². The van der Waals surface area contributed by atoms with Gasteiger partial charge in [0.1, 0.15) is 6.54 Å². The summed E-state index contributed by atoms with van der Waals surface area (Å²) in [5.74, 6) is 0.252. The first-order valence-corrected chi connectivity index (χ1v) is 3.96. The number of rotatable bonds is 3. The quantitative estimate of drug-likeness (QED) is 0.417. The summed E-state index contributed by atoms with van der Waals surface area (Å²) in [4.78, 5) is 10.8. The van der Waals surface area contributed by atoms with E-state index in [9.17, 15) is 4.79 Å². The standard InChI is InChI=1S/C6H13BrNO.BrH/c1-8(2,3)5-6(9)4-7;/h4-5H2,1-3H3;1H/q+1;/p-1. The van der Waals surface area contributed by atoms with E-state index in [0.717, 1.165) is 0 Å². The number of hydrogen-bond donors (Lipinski definition) is 0. The van der Waals surface area contributed by atoms with Crippen LogP contribution in [-0.2, 0) is 4.79 Å². The Morgan fingerprint density at radius 3 is 1.90 bits per heavy atom. The molecule has 0 aromatic carbocycles. The highest BCUT2D eigenvalue weighted by Crippen LogP contribution is 1.92. The summed E-state index contributed by atoms with van der Waals surface area (Å²) in [5.41, 5.74) is 0. The van der Waals surface area contributed by atoms with E-state index in [0.29, 0.717) is 16.4 Å². The average molecular weight is 275 g/mol. The van der Waals surface area contributed by atoms with Crippen molar-refractivity contribution in [3.63, 3.8) is 0 Å². The van der Waals surface area contributed by atoms with Crippen LogP contribution in [-0.4, -0.2) is 43.3 Å². The third-order valence-corrected chi connectivity index (χ3v) is 1.43. The summed E-state index contributed by atoms with van der Waals surface area (Å²) in [5, 5.41) is 0.475. The van der Waals surface area contributed by atoms with Gasteiger partial charge in [-0.1, -0.05) is 15.9 Å². The van der Waals surface area contributed by atoms with Crippen LogP contribution in [0, 0.1) is 0 Å². The molecule has 0 aromatic heterocycles. The van der Waals surface area contributed by atoms with Crippen LogP contribution in [0.15, 0.2) is 0 Å². The Hall–Kier alpha value is 0.590. The normalized spacial score (nSPS) is 10.4. The molecule has 0 aliphatic carbocycles. The molecule has 0 saturated heterocycles. The lowest BCUT2D eigenvalue weighted by atomic mass is 10.4. The minimum absolute atomic E-state index is 0. The average Bonchev–Trinajstić information content (AvgIpc) is 1.62. The molecule has 0 rings (SSSR count). The third kappa shape index (κ3) is 8.59. The van der Waals surface area contributed by atoms with Crippen molar-refractivity contribution in [2.24, 2.45) is 0 Å². The van der Waals surface area contributed by atoms with Crippen molar-refractivity contribution in [2.45, 2.75) is 0 Å². The molecule has 0 unspecified atom stereocenters. The van der Waals surface area contributed by atoms with Gasteiger partial charge in [-0.15, -0.1) is 0 Å². The first-order valence-electron chi connectivity index (χ1n) is 2.84. The molecule has 0 aliphatic rings. The molecule has 4 heteroatoms. The minimum atomic E-state index is 0. The van der Waals surface area contributed by atoms with Crippen LogP contribution < -0.4 is 17.0 Å². The van der Waals surface area contributed by atoms with Crippen molar-refractivity contribution in [1.82, 2.24) is 0 Å². The van der Waals surface area contributed by atoms with Gasteiger partial charge in [0.25, 0.3) is 0 Å². The van der Waals surface area contributed by atoms with E-state index in [4.69, 9.17) is 0 Å². The Bertz CT molecular complexity index is 109. The number of halogens is 2. The van der Waals surface area contributed by atoms with Gasteiger partial charge < -0.3 is 21.5 Å². The molecular weight excluding hydrogens is 262 g/mol. The van der Waals surface area contributed by atoms with Gasteiger partial charge in [0.15, 0.2) is 5.78 Å². The number of hydrogen-bond acceptors (Lipinski definition) is 1. The van der Waals surface area contributed by atoms with E-state index in [-0.39, 0.29) is 22.8 Å². The van der Waals surface area contributed by atoms with Gasteiger partial charge in [-0.3, -0.25) is 4.79 Å². The number of alkyl halides is 1. The van der Waals surface area contributed by atoms with Crippen LogP contribution in [0.5, 0.6) is 0 Å². The largest absolute Gasteiger partial charge is 1.00 e. The first-order chi connectivity index (χ1) is 3.95. The number of likely N-dealkylation sites (N-methyl/N-ethyl adjacent to an activating group) is 1. The lowest BCUT2D eigenvalue weighted by Gasteiger charge is -2.21. The Kier molecular flexibility index (Phi) is 6.95. The molecule has 0 aliphatic heterocycles. The van der Waals surface area contributed by atoms with Gasteiger partial charge in [0.05, 0.1) is 26.5 Å². The first kappa shape index (κ1) is 13.2. The maximum absolute atomic E-state index is 10.8. The molecule has 62 valence electrons. The second kappa shape index (κ2) is 5.27. The number of Topliss-reactive ketones (excluding diaryl/α,β-unsaturated/α-hetero) is 1. The van der Waals surface area contributed by atoms with Gasteiger partial charge in [0.2, 0.25) is 0 Å². The van der Waals surface area contributed by atoms with Crippen molar-refractivity contribution in [2.75, 3.05) is 33.0 Å². The zero-order valence-corrected chi connectivity index (χ0v) is 9.70. The summed E-state index contributed by atoms with van der Waals surface area (Å²) >= 11 is 3.11. The van der Waals surface area contributed by atoms with Crippen LogP contribution in [0.4, 0.5) is 0 Å². The monoisotopic (exact) mass is 273 g/mol. The third-order valence-electron chi connectivity index (χ3n) is 0.800. The van der Waals surface area contributed by atoms with E-state index >= 15 is 0 Å². The molecule has 0 bridgehead atoms. The maximum atomic E-state index is 10.8. The molecule has 10 heavy (non-hydrogen) atoms. The SMILES string of the molecule is C[N+](C)(C)CC(=O)CBr.[Br-]. The topological polar surface area (TPSA) is 17.1 Å². The fraction of sp³-hybridized carbons (Fsp3) is 0.833. The van der Waals surface area contributed by atoms with Crippen LogP contribution >= 0.6 is 15.9 Å². The lowest BCUT2D eigenvalue weighted by molar-refractivity contribution is -0.861. The number of quaternary nitrogens is 1. The molecule has 0 N–H and O–H groups in total. The summed E-state index contributed by atoms with van der Waals surface area (Å²) in [7, 11) is 6.00. The predicted molar refractivity (Wildman–Crippen MR) is 41.7 cm³/mol. The zero-order valence-electron chi connectivity index (χ0n) is 6.53. The fourth-order valence-electron chi connectivity index (χ4n) is 0.571. The number of carbonyl (C=O) groups is 1. The van der Waals surface area contributed by atoms with Crippen molar-refractivity contribution < 1.29 is 26.3 Å². The molecular formula is C6H13Br2NO. The second-order valence-electron chi connectivity index (χ2n) is 3.12. The highest BCUT2D eigenvalue weighted by Gasteiger charge is 2.11. The van der Waals surface area contributed by atoms with E-state index in [2.05, 4.69) is 15.9 Å². The van der Waals surface area contributed by atoms with Crippen LogP contribution in [0.2, 0.25) is 0 Å². The van der Waals surface area contributed by atoms with Gasteiger partial charge >= 0.3 is 0 Å². The Balaban J connectivity index is 0. The summed E-state index contributed by atoms with van der Waals surface area (Å²) in [6.45, 7) is 0.602. The van der Waals surface area contributed by atoms with Crippen LogP contribution in [0.3, 0.4) is 0 Å². The van der Waals surface area contributed by atoms with E-state index < -0.39 is 0 Å². The maximum Gasteiger partial charge on any atom is 0.197 e. The number of ketones is 1. The van der Waals surface area contributed by atoms with Gasteiger partial charge in [-0.25, -0.2) is 0 Å². The fourth-order valence-corrected chi connectivity index (χ4v) is 0.749. The minimum Gasteiger partial charge on any atom is -1.00 e. The Labute approximate surface area is 81.1 Å². The highest BCUT2D eigenvalue weighted by atomic mass is 79.9. The molecule has 0 atom stereocenters. The van der Waals surface area contributed by atoms with E-state index in [1.165, 1.54) is 0 Å². The molecule has 0 spiro atoms. The Morgan fingerprint density at radius 2 is 1.80 bits per heavy atom.